The Hall–Kier alpha value is -0.630. The van der Waals surface area contributed by atoms with Crippen LogP contribution < -0.4 is 0 Å². The molecule has 0 aromatic heterocycles. The molecule has 0 aliphatic heterocycles. The smallest absolute Gasteiger partial charge is 0.161 e. The molecule has 1 N–H and O–H groups in total. The van der Waals surface area contributed by atoms with Crippen molar-refractivity contribution < 1.29 is 9.90 Å². The van der Waals surface area contributed by atoms with Gasteiger partial charge in [-0.3, -0.25) is 4.79 Å². The zero-order valence-electron chi connectivity index (χ0n) is 9.67. The molecular formula is C13H22O2. The molecule has 0 aromatic rings. The quantitative estimate of drug-likeness (QED) is 0.656. The van der Waals surface area contributed by atoms with Crippen molar-refractivity contribution in [2.75, 3.05) is 0 Å². The minimum atomic E-state index is -0.507. The Kier molecular flexibility index (Phi) is 5.62. The summed E-state index contributed by atoms with van der Waals surface area (Å²) >= 11 is 0. The van der Waals surface area contributed by atoms with Crippen LogP contribution in [0.1, 0.15) is 58.3 Å². The van der Waals surface area contributed by atoms with E-state index in [1.807, 2.05) is 0 Å². The van der Waals surface area contributed by atoms with Gasteiger partial charge in [0.1, 0.15) is 0 Å². The summed E-state index contributed by atoms with van der Waals surface area (Å²) in [5, 5.41) is 9.25. The number of Topliss-reactive ketones (excluding diaryl/α,β-unsaturated/α-hetero) is 1. The van der Waals surface area contributed by atoms with Crippen LogP contribution in [0, 0.1) is 0 Å². The van der Waals surface area contributed by atoms with Crippen LogP contribution in [0.15, 0.2) is 11.6 Å². The van der Waals surface area contributed by atoms with Crippen LogP contribution in [0.4, 0.5) is 0 Å². The van der Waals surface area contributed by atoms with Crippen molar-refractivity contribution in [2.45, 2.75) is 64.4 Å². The fourth-order valence-corrected chi connectivity index (χ4v) is 2.02. The molecule has 2 nitrogen and oxygen atoms in total. The zero-order chi connectivity index (χ0) is 11.1. The molecule has 1 unspecified atom stereocenters. The van der Waals surface area contributed by atoms with E-state index in [1.54, 1.807) is 6.08 Å². The second-order valence-electron chi connectivity index (χ2n) is 4.40. The first kappa shape index (κ1) is 12.4. The van der Waals surface area contributed by atoms with Crippen molar-refractivity contribution in [1.82, 2.24) is 0 Å². The van der Waals surface area contributed by atoms with Crippen molar-refractivity contribution in [3.63, 3.8) is 0 Å². The van der Waals surface area contributed by atoms with Crippen LogP contribution >= 0.6 is 0 Å². The molecule has 1 rings (SSSR count). The Balaban J connectivity index is 2.05. The molecule has 0 amide bonds. The summed E-state index contributed by atoms with van der Waals surface area (Å²) in [5.41, 5.74) is 0.859. The van der Waals surface area contributed by atoms with E-state index in [9.17, 15) is 9.90 Å². The third-order valence-corrected chi connectivity index (χ3v) is 2.95. The van der Waals surface area contributed by atoms with Gasteiger partial charge in [-0.2, -0.15) is 0 Å². The molecule has 0 saturated heterocycles. The van der Waals surface area contributed by atoms with Gasteiger partial charge in [-0.05, 0) is 24.5 Å². The summed E-state index contributed by atoms with van der Waals surface area (Å²) in [6.45, 7) is 2.21. The number of aliphatic hydroxyl groups is 1. The lowest BCUT2D eigenvalue weighted by atomic mass is 10.0. The molecule has 0 saturated carbocycles. The summed E-state index contributed by atoms with van der Waals surface area (Å²) in [5.74, 6) is 0.149. The second kappa shape index (κ2) is 6.78. The lowest BCUT2D eigenvalue weighted by molar-refractivity contribution is -0.115. The predicted molar refractivity (Wildman–Crippen MR) is 61.7 cm³/mol. The number of carbonyl (C=O) groups excluding carboxylic acids is 1. The molecule has 15 heavy (non-hydrogen) atoms. The summed E-state index contributed by atoms with van der Waals surface area (Å²) < 4.78 is 0. The molecule has 86 valence electrons. The topological polar surface area (TPSA) is 37.3 Å². The molecule has 0 aromatic carbocycles. The Labute approximate surface area is 92.4 Å². The second-order valence-corrected chi connectivity index (χ2v) is 4.40. The first-order valence-electron chi connectivity index (χ1n) is 6.16. The van der Waals surface area contributed by atoms with Gasteiger partial charge in [0.15, 0.2) is 5.78 Å². The average molecular weight is 210 g/mol. The van der Waals surface area contributed by atoms with Gasteiger partial charge in [0.05, 0.1) is 6.10 Å². The summed E-state index contributed by atoms with van der Waals surface area (Å²) in [6.07, 6.45) is 9.88. The van der Waals surface area contributed by atoms with Gasteiger partial charge < -0.3 is 5.11 Å². The van der Waals surface area contributed by atoms with E-state index in [0.29, 0.717) is 6.42 Å². The summed E-state index contributed by atoms with van der Waals surface area (Å²) in [6, 6.07) is 0. The minimum absolute atomic E-state index is 0.149. The van der Waals surface area contributed by atoms with E-state index in [2.05, 4.69) is 6.92 Å². The lowest BCUT2D eigenvalue weighted by Crippen LogP contribution is -2.01. The number of allylic oxidation sites excluding steroid dienone is 1. The molecule has 0 radical (unpaired) electrons. The number of unbranched alkanes of at least 4 members (excludes halogenated alkanes) is 5. The normalized spacial score (nSPS) is 20.8. The molecule has 2 heteroatoms. The van der Waals surface area contributed by atoms with Gasteiger partial charge in [0.25, 0.3) is 0 Å². The molecule has 1 aliphatic carbocycles. The number of rotatable bonds is 7. The Bertz CT molecular complexity index is 231. The maximum atomic E-state index is 11.3. The largest absolute Gasteiger partial charge is 0.389 e. The molecule has 1 aliphatic rings. The van der Waals surface area contributed by atoms with Gasteiger partial charge in [-0.25, -0.2) is 0 Å². The van der Waals surface area contributed by atoms with E-state index < -0.39 is 6.10 Å². The van der Waals surface area contributed by atoms with Crippen LogP contribution in [0.5, 0.6) is 0 Å². The minimum Gasteiger partial charge on any atom is -0.389 e. The molecule has 1 atom stereocenters. The first-order valence-corrected chi connectivity index (χ1v) is 6.16. The number of carbonyl (C=O) groups is 1. The number of ketones is 1. The number of aliphatic hydroxyl groups excluding tert-OH is 1. The summed E-state index contributed by atoms with van der Waals surface area (Å²) in [4.78, 5) is 11.3. The van der Waals surface area contributed by atoms with Gasteiger partial charge in [0, 0.05) is 6.42 Å². The molecule has 0 heterocycles. The molecule has 0 bridgehead atoms. The van der Waals surface area contributed by atoms with Crippen molar-refractivity contribution in [3.05, 3.63) is 11.6 Å². The molecule has 0 spiro atoms. The van der Waals surface area contributed by atoms with Gasteiger partial charge >= 0.3 is 0 Å². The Morgan fingerprint density at radius 1 is 1.27 bits per heavy atom. The standard InChI is InChI=1S/C13H22O2/c1-2-3-4-5-6-7-8-11-9-12(14)10-13(11)15/h9,12,14H,2-8,10H2,1H3. The maximum absolute atomic E-state index is 11.3. The van der Waals surface area contributed by atoms with Gasteiger partial charge in [-0.1, -0.05) is 39.0 Å². The average Bonchev–Trinajstić information content (AvgIpc) is 2.51. The summed E-state index contributed by atoms with van der Waals surface area (Å²) in [7, 11) is 0. The van der Waals surface area contributed by atoms with Crippen molar-refractivity contribution in [3.8, 4) is 0 Å². The highest BCUT2D eigenvalue weighted by Crippen LogP contribution is 2.20. The number of hydrogen-bond donors (Lipinski definition) is 1. The van der Waals surface area contributed by atoms with Crippen molar-refractivity contribution >= 4 is 5.78 Å². The van der Waals surface area contributed by atoms with E-state index in [4.69, 9.17) is 0 Å². The SMILES string of the molecule is CCCCCCCCC1=CC(O)CC1=O. The van der Waals surface area contributed by atoms with Crippen LogP contribution in [0.3, 0.4) is 0 Å². The molecule has 0 fully saturated rings. The maximum Gasteiger partial charge on any atom is 0.161 e. The van der Waals surface area contributed by atoms with Crippen molar-refractivity contribution in [1.29, 1.82) is 0 Å². The van der Waals surface area contributed by atoms with E-state index in [-0.39, 0.29) is 5.78 Å². The first-order chi connectivity index (χ1) is 7.24. The van der Waals surface area contributed by atoms with Crippen LogP contribution in [-0.2, 0) is 4.79 Å². The van der Waals surface area contributed by atoms with E-state index >= 15 is 0 Å². The highest BCUT2D eigenvalue weighted by molar-refractivity contribution is 5.98. The van der Waals surface area contributed by atoms with Gasteiger partial charge in [0.2, 0.25) is 0 Å². The lowest BCUT2D eigenvalue weighted by Gasteiger charge is -2.01. The van der Waals surface area contributed by atoms with Gasteiger partial charge in [-0.15, -0.1) is 0 Å². The highest BCUT2D eigenvalue weighted by atomic mass is 16.3. The predicted octanol–water partition coefficient (Wildman–Crippen LogP) is 3.00. The van der Waals surface area contributed by atoms with Crippen molar-refractivity contribution in [2.24, 2.45) is 0 Å². The van der Waals surface area contributed by atoms with Crippen LogP contribution in [0.25, 0.3) is 0 Å². The van der Waals surface area contributed by atoms with Crippen LogP contribution in [-0.4, -0.2) is 17.0 Å². The van der Waals surface area contributed by atoms with Crippen LogP contribution in [0.2, 0.25) is 0 Å². The Morgan fingerprint density at radius 2 is 1.93 bits per heavy atom. The highest BCUT2D eigenvalue weighted by Gasteiger charge is 2.20. The third-order valence-electron chi connectivity index (χ3n) is 2.95. The third kappa shape index (κ3) is 4.61. The fourth-order valence-electron chi connectivity index (χ4n) is 2.02. The molecular weight excluding hydrogens is 188 g/mol. The number of hydrogen-bond acceptors (Lipinski definition) is 2. The van der Waals surface area contributed by atoms with E-state index in [1.165, 1.54) is 32.1 Å². The monoisotopic (exact) mass is 210 g/mol. The van der Waals surface area contributed by atoms with E-state index in [0.717, 1.165) is 18.4 Å². The fraction of sp³-hybridized carbons (Fsp3) is 0.769. The zero-order valence-corrected chi connectivity index (χ0v) is 9.67. The Morgan fingerprint density at radius 3 is 2.53 bits per heavy atom.